The lowest BCUT2D eigenvalue weighted by molar-refractivity contribution is -0.120. The largest absolute Gasteiger partial charge is 0.356 e. The molecule has 29 heavy (non-hydrogen) atoms. The molecule has 154 valence electrons. The van der Waals surface area contributed by atoms with Gasteiger partial charge < -0.3 is 15.1 Å². The van der Waals surface area contributed by atoms with Crippen LogP contribution in [0.25, 0.3) is 0 Å². The van der Waals surface area contributed by atoms with Gasteiger partial charge in [-0.1, -0.05) is 18.5 Å². The number of nitrogens with one attached hydrogen (secondary N) is 1. The van der Waals surface area contributed by atoms with Crippen molar-refractivity contribution in [3.63, 3.8) is 0 Å². The van der Waals surface area contributed by atoms with Crippen molar-refractivity contribution in [1.82, 2.24) is 15.0 Å². The minimum absolute atomic E-state index is 0.0105. The fourth-order valence-corrected chi connectivity index (χ4v) is 4.27. The smallest absolute Gasteiger partial charge is 0.230 e. The summed E-state index contributed by atoms with van der Waals surface area (Å²) in [5.74, 6) is 2.99. The second-order valence-electron chi connectivity index (χ2n) is 8.06. The van der Waals surface area contributed by atoms with Crippen LogP contribution in [0.3, 0.4) is 0 Å². The van der Waals surface area contributed by atoms with Gasteiger partial charge in [-0.3, -0.25) is 4.79 Å². The van der Waals surface area contributed by atoms with Gasteiger partial charge in [0.25, 0.3) is 0 Å². The molecule has 2 atom stereocenters. The predicted molar refractivity (Wildman–Crippen MR) is 115 cm³/mol. The third kappa shape index (κ3) is 4.96. The summed E-state index contributed by atoms with van der Waals surface area (Å²) in [6, 6.07) is 5.51. The maximum absolute atomic E-state index is 12.7. The number of nitrogens with zero attached hydrogens (tertiary/aromatic N) is 5. The van der Waals surface area contributed by atoms with E-state index in [1.54, 1.807) is 18.5 Å². The van der Waals surface area contributed by atoms with Crippen molar-refractivity contribution < 1.29 is 4.79 Å². The Morgan fingerprint density at radius 3 is 2.48 bits per heavy atom. The van der Waals surface area contributed by atoms with Gasteiger partial charge in [-0.15, -0.1) is 0 Å². The first-order valence-corrected chi connectivity index (χ1v) is 10.7. The number of hydrogen-bond acceptors (Lipinski definition) is 6. The molecule has 0 spiro atoms. The lowest BCUT2D eigenvalue weighted by Crippen LogP contribution is -2.41. The molecule has 0 aromatic carbocycles. The van der Waals surface area contributed by atoms with Gasteiger partial charge in [-0.25, -0.2) is 15.0 Å². The molecule has 2 aromatic rings. The van der Waals surface area contributed by atoms with E-state index < -0.39 is 0 Å². The van der Waals surface area contributed by atoms with E-state index in [-0.39, 0.29) is 11.8 Å². The molecule has 0 bridgehead atoms. The van der Waals surface area contributed by atoms with Crippen LogP contribution in [0.15, 0.2) is 30.7 Å². The van der Waals surface area contributed by atoms with E-state index in [0.717, 1.165) is 44.1 Å². The summed E-state index contributed by atoms with van der Waals surface area (Å²) in [6.45, 7) is 5.91. The van der Waals surface area contributed by atoms with Crippen LogP contribution >= 0.6 is 11.6 Å². The summed E-state index contributed by atoms with van der Waals surface area (Å²) in [7, 11) is 0. The minimum atomic E-state index is -0.102. The monoisotopic (exact) mass is 414 g/mol. The quantitative estimate of drug-likeness (QED) is 0.823. The second kappa shape index (κ2) is 8.95. The second-order valence-corrected chi connectivity index (χ2v) is 8.50. The van der Waals surface area contributed by atoms with Gasteiger partial charge in [0, 0.05) is 38.4 Å². The molecule has 0 aliphatic carbocycles. The molecule has 2 fully saturated rings. The number of hydrogen-bond donors (Lipinski definition) is 1. The van der Waals surface area contributed by atoms with Gasteiger partial charge in [-0.05, 0) is 43.7 Å². The zero-order chi connectivity index (χ0) is 20.2. The molecule has 0 saturated carbocycles. The summed E-state index contributed by atoms with van der Waals surface area (Å²) in [4.78, 5) is 30.4. The van der Waals surface area contributed by atoms with Crippen molar-refractivity contribution in [2.24, 2.45) is 11.8 Å². The molecule has 2 unspecified atom stereocenters. The average Bonchev–Trinajstić information content (AvgIpc) is 2.75. The highest BCUT2D eigenvalue weighted by molar-refractivity contribution is 6.30. The molecule has 2 aromatic heterocycles. The van der Waals surface area contributed by atoms with Gasteiger partial charge in [0.05, 0.1) is 10.9 Å². The van der Waals surface area contributed by atoms with E-state index in [1.165, 1.54) is 19.0 Å². The molecule has 2 aliphatic rings. The van der Waals surface area contributed by atoms with Crippen molar-refractivity contribution in [3.8, 4) is 0 Å². The van der Waals surface area contributed by atoms with Crippen LogP contribution in [0.5, 0.6) is 0 Å². The van der Waals surface area contributed by atoms with Crippen molar-refractivity contribution in [1.29, 1.82) is 0 Å². The number of carbonyl (C=O) groups excluding carboxylic acids is 1. The van der Waals surface area contributed by atoms with E-state index in [0.29, 0.717) is 23.3 Å². The minimum Gasteiger partial charge on any atom is -0.356 e. The molecule has 8 heteroatoms. The Labute approximate surface area is 176 Å². The number of piperidine rings is 2. The molecule has 0 radical (unpaired) electrons. The SMILES string of the molecule is CC1CCCN(c2cc(N3CCCC(C(=O)Nc4ccc(Cl)cn4)C3)ncn2)C1. The Hall–Kier alpha value is -2.41. The van der Waals surface area contributed by atoms with Crippen LogP contribution in [-0.2, 0) is 4.79 Å². The van der Waals surface area contributed by atoms with E-state index in [4.69, 9.17) is 11.6 Å². The summed E-state index contributed by atoms with van der Waals surface area (Å²) < 4.78 is 0. The van der Waals surface area contributed by atoms with Gasteiger partial charge in [0.1, 0.15) is 23.8 Å². The Morgan fingerprint density at radius 2 is 1.79 bits per heavy atom. The zero-order valence-corrected chi connectivity index (χ0v) is 17.5. The number of carbonyl (C=O) groups is 1. The molecular formula is C21H27ClN6O. The Bertz CT molecular complexity index is 845. The molecule has 2 saturated heterocycles. The topological polar surface area (TPSA) is 74.2 Å². The summed E-state index contributed by atoms with van der Waals surface area (Å²) >= 11 is 5.86. The molecule has 7 nitrogen and oxygen atoms in total. The molecule has 2 aliphatic heterocycles. The van der Waals surface area contributed by atoms with Gasteiger partial charge in [0.15, 0.2) is 0 Å². The van der Waals surface area contributed by atoms with Gasteiger partial charge in [-0.2, -0.15) is 0 Å². The fourth-order valence-electron chi connectivity index (χ4n) is 4.16. The maximum Gasteiger partial charge on any atom is 0.230 e. The predicted octanol–water partition coefficient (Wildman–Crippen LogP) is 3.62. The third-order valence-electron chi connectivity index (χ3n) is 5.71. The molecular weight excluding hydrogens is 388 g/mol. The number of rotatable bonds is 4. The van der Waals surface area contributed by atoms with Crippen molar-refractivity contribution in [2.75, 3.05) is 41.3 Å². The standard InChI is InChI=1S/C21H27ClN6O/c1-15-4-2-8-27(12-15)19-10-20(25-14-24-19)28-9-3-5-16(13-28)21(29)26-18-7-6-17(22)11-23-18/h6-7,10-11,14-16H,2-5,8-9,12-13H2,1H3,(H,23,26,29). The maximum atomic E-state index is 12.7. The van der Waals surface area contributed by atoms with E-state index in [9.17, 15) is 4.79 Å². The third-order valence-corrected chi connectivity index (χ3v) is 5.94. The highest BCUT2D eigenvalue weighted by atomic mass is 35.5. The van der Waals surface area contributed by atoms with Crippen LogP contribution < -0.4 is 15.1 Å². The normalized spacial score (nSPS) is 22.4. The highest BCUT2D eigenvalue weighted by Crippen LogP contribution is 2.27. The first kappa shape index (κ1) is 19.9. The highest BCUT2D eigenvalue weighted by Gasteiger charge is 2.27. The molecule has 1 amide bonds. The zero-order valence-electron chi connectivity index (χ0n) is 16.7. The lowest BCUT2D eigenvalue weighted by Gasteiger charge is -2.34. The number of halogens is 1. The number of anilines is 3. The molecule has 4 rings (SSSR count). The van der Waals surface area contributed by atoms with E-state index in [1.807, 2.05) is 0 Å². The summed E-state index contributed by atoms with van der Waals surface area (Å²) in [6.07, 6.45) is 7.47. The Morgan fingerprint density at radius 1 is 1.07 bits per heavy atom. The van der Waals surface area contributed by atoms with Crippen LogP contribution in [-0.4, -0.2) is 47.0 Å². The van der Waals surface area contributed by atoms with E-state index >= 15 is 0 Å². The van der Waals surface area contributed by atoms with Crippen LogP contribution in [0.1, 0.15) is 32.6 Å². The molecule has 1 N–H and O–H groups in total. The van der Waals surface area contributed by atoms with Gasteiger partial charge >= 0.3 is 0 Å². The van der Waals surface area contributed by atoms with E-state index in [2.05, 4.69) is 43.1 Å². The van der Waals surface area contributed by atoms with Crippen molar-refractivity contribution >= 4 is 35.0 Å². The van der Waals surface area contributed by atoms with Crippen LogP contribution in [0, 0.1) is 11.8 Å². The first-order chi connectivity index (χ1) is 14.1. The van der Waals surface area contributed by atoms with Gasteiger partial charge in [0.2, 0.25) is 5.91 Å². The molecule has 4 heterocycles. The number of amides is 1. The average molecular weight is 415 g/mol. The fraction of sp³-hybridized carbons (Fsp3) is 0.524. The van der Waals surface area contributed by atoms with Crippen molar-refractivity contribution in [3.05, 3.63) is 35.7 Å². The Balaban J connectivity index is 1.42. The summed E-state index contributed by atoms with van der Waals surface area (Å²) in [5, 5.41) is 3.45. The Kier molecular flexibility index (Phi) is 6.13. The summed E-state index contributed by atoms with van der Waals surface area (Å²) in [5.41, 5.74) is 0. The first-order valence-electron chi connectivity index (χ1n) is 10.3. The number of aromatic nitrogens is 3. The van der Waals surface area contributed by atoms with Crippen LogP contribution in [0.2, 0.25) is 5.02 Å². The van der Waals surface area contributed by atoms with Crippen molar-refractivity contribution in [2.45, 2.75) is 32.6 Å². The van der Waals surface area contributed by atoms with Crippen LogP contribution in [0.4, 0.5) is 17.5 Å². The lowest BCUT2D eigenvalue weighted by atomic mass is 9.97. The number of pyridine rings is 1.